The molecule has 2 N–H and O–H groups in total. The molecular weight excluding hydrogens is 212 g/mol. The van der Waals surface area contributed by atoms with Gasteiger partial charge in [-0.1, -0.05) is 29.8 Å². The zero-order chi connectivity index (χ0) is 12.6. The van der Waals surface area contributed by atoms with Gasteiger partial charge in [-0.3, -0.25) is 0 Å². The molecule has 0 radical (unpaired) electrons. The van der Waals surface area contributed by atoms with Crippen molar-refractivity contribution < 1.29 is 10.2 Å². The van der Waals surface area contributed by atoms with Crippen LogP contribution in [0, 0.1) is 20.8 Å². The van der Waals surface area contributed by atoms with Gasteiger partial charge in [0.2, 0.25) is 0 Å². The SMILES string of the molecule is Cc1cc(C)c(-c2cccc(O)c2O)c(C)c1. The lowest BCUT2D eigenvalue weighted by molar-refractivity contribution is 0.405. The van der Waals surface area contributed by atoms with E-state index in [0.29, 0.717) is 5.56 Å². The molecule has 0 unspecified atom stereocenters. The molecule has 0 spiro atoms. The fourth-order valence-corrected chi connectivity index (χ4v) is 2.34. The number of phenolic OH excluding ortho intramolecular Hbond substituents is 2. The fraction of sp³-hybridized carbons (Fsp3) is 0.200. The van der Waals surface area contributed by atoms with Gasteiger partial charge >= 0.3 is 0 Å². The van der Waals surface area contributed by atoms with Gasteiger partial charge in [-0.2, -0.15) is 0 Å². The smallest absolute Gasteiger partial charge is 0.165 e. The van der Waals surface area contributed by atoms with E-state index in [0.717, 1.165) is 16.7 Å². The summed E-state index contributed by atoms with van der Waals surface area (Å²) in [7, 11) is 0. The molecule has 2 rings (SSSR count). The van der Waals surface area contributed by atoms with E-state index >= 15 is 0 Å². The van der Waals surface area contributed by atoms with Crippen molar-refractivity contribution in [1.29, 1.82) is 0 Å². The molecule has 0 saturated heterocycles. The van der Waals surface area contributed by atoms with Crippen LogP contribution in [0.4, 0.5) is 0 Å². The summed E-state index contributed by atoms with van der Waals surface area (Å²) in [5, 5.41) is 19.5. The Balaban J connectivity index is 2.73. The third-order valence-corrected chi connectivity index (χ3v) is 2.96. The lowest BCUT2D eigenvalue weighted by Crippen LogP contribution is -1.90. The van der Waals surface area contributed by atoms with Gasteiger partial charge in [-0.05, 0) is 43.5 Å². The Bertz CT molecular complexity index is 548. The summed E-state index contributed by atoms with van der Waals surface area (Å²) >= 11 is 0. The van der Waals surface area contributed by atoms with Gasteiger partial charge in [-0.15, -0.1) is 0 Å². The molecule has 88 valence electrons. The molecule has 0 bridgehead atoms. The second kappa shape index (κ2) is 4.13. The number of aryl methyl sites for hydroxylation is 3. The average molecular weight is 228 g/mol. The van der Waals surface area contributed by atoms with Gasteiger partial charge in [0, 0.05) is 5.56 Å². The number of para-hydroxylation sites is 1. The minimum atomic E-state index is -0.0816. The summed E-state index contributed by atoms with van der Waals surface area (Å²) in [6.07, 6.45) is 0. The van der Waals surface area contributed by atoms with Crippen LogP contribution in [-0.2, 0) is 0 Å². The van der Waals surface area contributed by atoms with E-state index in [4.69, 9.17) is 0 Å². The van der Waals surface area contributed by atoms with Crippen molar-refractivity contribution >= 4 is 0 Å². The van der Waals surface area contributed by atoms with Crippen LogP contribution in [0.5, 0.6) is 11.5 Å². The minimum Gasteiger partial charge on any atom is -0.504 e. The van der Waals surface area contributed by atoms with Crippen LogP contribution in [0.2, 0.25) is 0 Å². The predicted molar refractivity (Wildman–Crippen MR) is 69.4 cm³/mol. The third kappa shape index (κ3) is 1.98. The van der Waals surface area contributed by atoms with Crippen LogP contribution >= 0.6 is 0 Å². The van der Waals surface area contributed by atoms with Gasteiger partial charge in [-0.25, -0.2) is 0 Å². The normalized spacial score (nSPS) is 10.5. The Morgan fingerprint density at radius 1 is 0.882 bits per heavy atom. The van der Waals surface area contributed by atoms with E-state index in [1.165, 1.54) is 11.6 Å². The number of phenols is 2. The maximum absolute atomic E-state index is 9.92. The molecular formula is C15H16O2. The first-order valence-electron chi connectivity index (χ1n) is 5.60. The van der Waals surface area contributed by atoms with Crippen LogP contribution in [0.25, 0.3) is 11.1 Å². The zero-order valence-electron chi connectivity index (χ0n) is 10.3. The van der Waals surface area contributed by atoms with E-state index in [-0.39, 0.29) is 11.5 Å². The number of hydrogen-bond donors (Lipinski definition) is 2. The maximum atomic E-state index is 9.92. The van der Waals surface area contributed by atoms with Gasteiger partial charge in [0.1, 0.15) is 0 Å². The third-order valence-electron chi connectivity index (χ3n) is 2.96. The molecule has 0 saturated carbocycles. The standard InChI is InChI=1S/C15H16O2/c1-9-7-10(2)14(11(3)8-9)12-5-4-6-13(16)15(12)17/h4-8,16-17H,1-3H3. The van der Waals surface area contributed by atoms with Crippen LogP contribution in [-0.4, -0.2) is 10.2 Å². The molecule has 0 aromatic heterocycles. The van der Waals surface area contributed by atoms with E-state index in [1.54, 1.807) is 6.07 Å². The monoisotopic (exact) mass is 228 g/mol. The average Bonchev–Trinajstić information content (AvgIpc) is 2.23. The summed E-state index contributed by atoms with van der Waals surface area (Å²) in [6, 6.07) is 9.19. The molecule has 0 aliphatic heterocycles. The molecule has 0 atom stereocenters. The molecule has 17 heavy (non-hydrogen) atoms. The van der Waals surface area contributed by atoms with E-state index in [1.807, 2.05) is 26.8 Å². The highest BCUT2D eigenvalue weighted by atomic mass is 16.3. The molecule has 2 heteroatoms. The second-order valence-electron chi connectivity index (χ2n) is 4.45. The zero-order valence-corrected chi connectivity index (χ0v) is 10.3. The molecule has 0 amide bonds. The lowest BCUT2D eigenvalue weighted by atomic mass is 9.93. The highest BCUT2D eigenvalue weighted by Crippen LogP contribution is 2.39. The Kier molecular flexibility index (Phi) is 2.80. The molecule has 0 heterocycles. The minimum absolute atomic E-state index is 0.0532. The van der Waals surface area contributed by atoms with Crippen LogP contribution in [0.3, 0.4) is 0 Å². The first-order valence-corrected chi connectivity index (χ1v) is 5.60. The molecule has 2 nitrogen and oxygen atoms in total. The summed E-state index contributed by atoms with van der Waals surface area (Å²) in [4.78, 5) is 0. The molecule has 0 fully saturated rings. The Morgan fingerprint density at radius 3 is 2.06 bits per heavy atom. The van der Waals surface area contributed by atoms with Crippen LogP contribution in [0.15, 0.2) is 30.3 Å². The fourth-order valence-electron chi connectivity index (χ4n) is 2.34. The first kappa shape index (κ1) is 11.5. The van der Waals surface area contributed by atoms with Crippen molar-refractivity contribution in [3.8, 4) is 22.6 Å². The van der Waals surface area contributed by atoms with Crippen LogP contribution in [0.1, 0.15) is 16.7 Å². The topological polar surface area (TPSA) is 40.5 Å². The van der Waals surface area contributed by atoms with Gasteiger partial charge in [0.05, 0.1) is 0 Å². The Labute approximate surface area is 101 Å². The summed E-state index contributed by atoms with van der Waals surface area (Å²) in [5.74, 6) is -0.135. The Morgan fingerprint density at radius 2 is 1.47 bits per heavy atom. The van der Waals surface area contributed by atoms with Crippen molar-refractivity contribution in [2.24, 2.45) is 0 Å². The quantitative estimate of drug-likeness (QED) is 0.731. The van der Waals surface area contributed by atoms with Crippen molar-refractivity contribution in [3.63, 3.8) is 0 Å². The van der Waals surface area contributed by atoms with Crippen molar-refractivity contribution in [2.75, 3.05) is 0 Å². The van der Waals surface area contributed by atoms with Gasteiger partial charge in [0.15, 0.2) is 11.5 Å². The summed E-state index contributed by atoms with van der Waals surface area (Å²) < 4.78 is 0. The largest absolute Gasteiger partial charge is 0.504 e. The summed E-state index contributed by atoms with van der Waals surface area (Å²) in [6.45, 7) is 6.07. The molecule has 2 aromatic rings. The number of hydrogen-bond acceptors (Lipinski definition) is 2. The van der Waals surface area contributed by atoms with Crippen molar-refractivity contribution in [3.05, 3.63) is 47.0 Å². The van der Waals surface area contributed by atoms with Crippen molar-refractivity contribution in [1.82, 2.24) is 0 Å². The molecule has 0 aliphatic carbocycles. The highest BCUT2D eigenvalue weighted by Gasteiger charge is 2.12. The second-order valence-corrected chi connectivity index (χ2v) is 4.45. The van der Waals surface area contributed by atoms with E-state index in [2.05, 4.69) is 12.1 Å². The number of rotatable bonds is 1. The first-order chi connectivity index (χ1) is 8.00. The predicted octanol–water partition coefficient (Wildman–Crippen LogP) is 3.69. The van der Waals surface area contributed by atoms with Crippen molar-refractivity contribution in [2.45, 2.75) is 20.8 Å². The molecule has 0 aliphatic rings. The van der Waals surface area contributed by atoms with E-state index < -0.39 is 0 Å². The summed E-state index contributed by atoms with van der Waals surface area (Å²) in [5.41, 5.74) is 5.07. The molecule has 2 aromatic carbocycles. The van der Waals surface area contributed by atoms with Crippen LogP contribution < -0.4 is 0 Å². The van der Waals surface area contributed by atoms with Gasteiger partial charge < -0.3 is 10.2 Å². The number of aromatic hydroxyl groups is 2. The lowest BCUT2D eigenvalue weighted by Gasteiger charge is -2.13. The van der Waals surface area contributed by atoms with E-state index in [9.17, 15) is 10.2 Å². The van der Waals surface area contributed by atoms with Gasteiger partial charge in [0.25, 0.3) is 0 Å². The number of benzene rings is 2. The highest BCUT2D eigenvalue weighted by molar-refractivity contribution is 5.78. The maximum Gasteiger partial charge on any atom is 0.165 e. The Hall–Kier alpha value is -1.96.